The first-order valence-corrected chi connectivity index (χ1v) is 9.52. The predicted molar refractivity (Wildman–Crippen MR) is 109 cm³/mol. The van der Waals surface area contributed by atoms with Gasteiger partial charge in [0.25, 0.3) is 5.56 Å². The van der Waals surface area contributed by atoms with E-state index in [1.807, 2.05) is 54.6 Å². The molecular weight excluding hydrogens is 390 g/mol. The monoisotopic (exact) mass is 403 g/mol. The van der Waals surface area contributed by atoms with E-state index in [9.17, 15) is 9.59 Å². The molecule has 0 saturated carbocycles. The van der Waals surface area contributed by atoms with Crippen LogP contribution in [-0.4, -0.2) is 35.4 Å². The second-order valence-electron chi connectivity index (χ2n) is 6.22. The van der Waals surface area contributed by atoms with Crippen molar-refractivity contribution in [1.82, 2.24) is 29.5 Å². The van der Waals surface area contributed by atoms with Gasteiger partial charge in [-0.1, -0.05) is 46.9 Å². The number of benzene rings is 2. The van der Waals surface area contributed by atoms with Crippen molar-refractivity contribution in [3.63, 3.8) is 0 Å². The van der Waals surface area contributed by atoms with Crippen molar-refractivity contribution < 1.29 is 4.79 Å². The fraction of sp³-hybridized carbons (Fsp3) is 0.0526. The molecule has 0 radical (unpaired) electrons. The van der Waals surface area contributed by atoms with Crippen LogP contribution in [0.15, 0.2) is 65.7 Å². The van der Waals surface area contributed by atoms with Gasteiger partial charge in [0.2, 0.25) is 5.91 Å². The van der Waals surface area contributed by atoms with E-state index in [0.29, 0.717) is 10.8 Å². The third kappa shape index (κ3) is 3.15. The lowest BCUT2D eigenvalue weighted by Crippen LogP contribution is -2.28. The van der Waals surface area contributed by atoms with Crippen LogP contribution in [0.3, 0.4) is 0 Å². The Bertz CT molecular complexity index is 1370. The fourth-order valence-corrected chi connectivity index (χ4v) is 3.82. The minimum atomic E-state index is -0.434. The molecule has 0 aliphatic heterocycles. The molecule has 0 bridgehead atoms. The maximum Gasteiger partial charge on any atom is 0.284 e. The van der Waals surface area contributed by atoms with Gasteiger partial charge in [-0.05, 0) is 24.3 Å². The van der Waals surface area contributed by atoms with Crippen molar-refractivity contribution in [1.29, 1.82) is 0 Å². The fourth-order valence-electron chi connectivity index (χ4n) is 2.94. The normalized spacial score (nSPS) is 11.2. The van der Waals surface area contributed by atoms with Crippen molar-refractivity contribution in [2.75, 3.05) is 5.32 Å². The average Bonchev–Trinajstić information content (AvgIpc) is 3.34. The number of hydrogen-bond acceptors (Lipinski definition) is 7. The van der Waals surface area contributed by atoms with Gasteiger partial charge in [0.1, 0.15) is 12.9 Å². The lowest BCUT2D eigenvalue weighted by atomic mass is 10.3. The van der Waals surface area contributed by atoms with E-state index >= 15 is 0 Å². The summed E-state index contributed by atoms with van der Waals surface area (Å²) < 4.78 is 3.66. The lowest BCUT2D eigenvalue weighted by molar-refractivity contribution is -0.116. The van der Waals surface area contributed by atoms with Crippen LogP contribution in [0.4, 0.5) is 5.13 Å². The van der Waals surface area contributed by atoms with E-state index in [4.69, 9.17) is 0 Å². The van der Waals surface area contributed by atoms with Gasteiger partial charge in [-0.3, -0.25) is 14.2 Å². The molecule has 0 saturated heterocycles. The Kier molecular flexibility index (Phi) is 4.10. The summed E-state index contributed by atoms with van der Waals surface area (Å²) in [6, 6.07) is 16.9. The molecule has 0 atom stereocenters. The molecule has 142 valence electrons. The van der Waals surface area contributed by atoms with Gasteiger partial charge >= 0.3 is 0 Å². The van der Waals surface area contributed by atoms with Gasteiger partial charge in [-0.25, -0.2) is 9.97 Å². The van der Waals surface area contributed by atoms with Crippen molar-refractivity contribution in [3.8, 4) is 5.69 Å². The lowest BCUT2D eigenvalue weighted by Gasteiger charge is -2.05. The molecule has 5 rings (SSSR count). The van der Waals surface area contributed by atoms with E-state index < -0.39 is 5.56 Å². The Hall–Kier alpha value is -3.92. The standard InChI is InChI=1S/C19H13N7O2S/c27-15(22-19-21-13-8-4-5-9-14(13)29-19)10-25-11-20-17-16(18(25)28)23-24-26(17)12-6-2-1-3-7-12/h1-9,11H,10H2,(H,21,22,27). The molecular formula is C19H13N7O2S. The summed E-state index contributed by atoms with van der Waals surface area (Å²) in [5.41, 5.74) is 1.56. The van der Waals surface area contributed by atoms with Crippen LogP contribution in [0.2, 0.25) is 0 Å². The van der Waals surface area contributed by atoms with Crippen LogP contribution in [0.25, 0.3) is 27.1 Å². The van der Waals surface area contributed by atoms with Crippen LogP contribution < -0.4 is 10.9 Å². The van der Waals surface area contributed by atoms with Crippen molar-refractivity contribution in [2.24, 2.45) is 0 Å². The summed E-state index contributed by atoms with van der Waals surface area (Å²) in [6.45, 7) is -0.199. The van der Waals surface area contributed by atoms with E-state index in [1.165, 1.54) is 26.9 Å². The highest BCUT2D eigenvalue weighted by Gasteiger charge is 2.15. The highest BCUT2D eigenvalue weighted by molar-refractivity contribution is 7.22. The van der Waals surface area contributed by atoms with Gasteiger partial charge in [-0.2, -0.15) is 4.68 Å². The molecule has 1 amide bonds. The summed E-state index contributed by atoms with van der Waals surface area (Å²) in [5.74, 6) is -0.372. The minimum Gasteiger partial charge on any atom is -0.300 e. The zero-order valence-electron chi connectivity index (χ0n) is 14.9. The maximum atomic E-state index is 12.7. The summed E-state index contributed by atoms with van der Waals surface area (Å²) in [6.07, 6.45) is 1.32. The van der Waals surface area contributed by atoms with Crippen molar-refractivity contribution in [3.05, 3.63) is 71.3 Å². The van der Waals surface area contributed by atoms with Crippen molar-refractivity contribution in [2.45, 2.75) is 6.54 Å². The van der Waals surface area contributed by atoms with E-state index in [-0.39, 0.29) is 18.0 Å². The maximum absolute atomic E-state index is 12.7. The number of rotatable bonds is 4. The molecule has 3 aromatic heterocycles. The smallest absolute Gasteiger partial charge is 0.284 e. The van der Waals surface area contributed by atoms with E-state index in [1.54, 1.807) is 0 Å². The largest absolute Gasteiger partial charge is 0.300 e. The number of aromatic nitrogens is 6. The van der Waals surface area contributed by atoms with E-state index in [2.05, 4.69) is 25.6 Å². The summed E-state index contributed by atoms with van der Waals surface area (Å²) in [5, 5.41) is 11.2. The average molecular weight is 403 g/mol. The second kappa shape index (κ2) is 6.91. The third-order valence-corrected chi connectivity index (χ3v) is 5.24. The summed E-state index contributed by atoms with van der Waals surface area (Å²) in [7, 11) is 0. The highest BCUT2D eigenvalue weighted by Crippen LogP contribution is 2.25. The van der Waals surface area contributed by atoms with Crippen LogP contribution in [0, 0.1) is 0 Å². The number of thiazole rings is 1. The quantitative estimate of drug-likeness (QED) is 0.493. The minimum absolute atomic E-state index is 0.101. The Morgan fingerprint density at radius 1 is 1.07 bits per heavy atom. The molecule has 0 spiro atoms. The highest BCUT2D eigenvalue weighted by atomic mass is 32.1. The Balaban J connectivity index is 1.41. The van der Waals surface area contributed by atoms with Gasteiger partial charge in [0, 0.05) is 0 Å². The number of carbonyl (C=O) groups excluding carboxylic acids is 1. The summed E-state index contributed by atoms with van der Waals surface area (Å²) in [4.78, 5) is 33.8. The Morgan fingerprint density at radius 3 is 2.69 bits per heavy atom. The number of carbonyl (C=O) groups is 1. The predicted octanol–water partition coefficient (Wildman–Crippen LogP) is 2.23. The SMILES string of the molecule is O=C(Cn1cnc2c(nnn2-c2ccccc2)c1=O)Nc1nc2ccccc2s1. The van der Waals surface area contributed by atoms with Crippen LogP contribution in [-0.2, 0) is 11.3 Å². The molecule has 29 heavy (non-hydrogen) atoms. The molecule has 9 nitrogen and oxygen atoms in total. The number of fused-ring (bicyclic) bond motifs is 2. The number of amides is 1. The number of hydrogen-bond donors (Lipinski definition) is 1. The Morgan fingerprint density at radius 2 is 1.86 bits per heavy atom. The first-order chi connectivity index (χ1) is 14.2. The number of para-hydroxylation sites is 2. The zero-order chi connectivity index (χ0) is 19.8. The molecule has 3 heterocycles. The molecule has 10 heteroatoms. The number of nitrogens with one attached hydrogen (secondary N) is 1. The van der Waals surface area contributed by atoms with Crippen molar-refractivity contribution >= 4 is 43.8 Å². The van der Waals surface area contributed by atoms with Crippen LogP contribution >= 0.6 is 11.3 Å². The van der Waals surface area contributed by atoms with Gasteiger partial charge in [-0.15, -0.1) is 5.10 Å². The summed E-state index contributed by atoms with van der Waals surface area (Å²) >= 11 is 1.37. The molecule has 0 fully saturated rings. The molecule has 0 aliphatic rings. The van der Waals surface area contributed by atoms with Gasteiger partial charge in [0.05, 0.1) is 15.9 Å². The van der Waals surface area contributed by atoms with E-state index in [0.717, 1.165) is 15.9 Å². The molecule has 1 N–H and O–H groups in total. The van der Waals surface area contributed by atoms with Crippen LogP contribution in [0.1, 0.15) is 0 Å². The Labute approximate surface area is 167 Å². The molecule has 2 aromatic carbocycles. The first-order valence-electron chi connectivity index (χ1n) is 8.71. The number of anilines is 1. The molecule has 5 aromatic rings. The van der Waals surface area contributed by atoms with Gasteiger partial charge in [0.15, 0.2) is 16.3 Å². The number of nitrogens with zero attached hydrogens (tertiary/aromatic N) is 6. The molecule has 0 aliphatic carbocycles. The first kappa shape index (κ1) is 17.2. The molecule has 0 unspecified atom stereocenters. The zero-order valence-corrected chi connectivity index (χ0v) is 15.7. The second-order valence-corrected chi connectivity index (χ2v) is 7.25. The topological polar surface area (TPSA) is 108 Å². The third-order valence-electron chi connectivity index (χ3n) is 4.28. The van der Waals surface area contributed by atoms with Gasteiger partial charge < -0.3 is 5.32 Å². The van der Waals surface area contributed by atoms with Crippen LogP contribution in [0.5, 0.6) is 0 Å².